The molecule has 2 rings (SSSR count). The first-order chi connectivity index (χ1) is 8.06. The van der Waals surface area contributed by atoms with Crippen LogP contribution in [0.3, 0.4) is 0 Å². The molecule has 0 amide bonds. The van der Waals surface area contributed by atoms with Crippen LogP contribution < -0.4 is 5.32 Å². The number of halogens is 1. The Balaban J connectivity index is 2.12. The lowest BCUT2D eigenvalue weighted by molar-refractivity contribution is 0.0698. The summed E-state index contributed by atoms with van der Waals surface area (Å²) in [6.45, 7) is 0.829. The summed E-state index contributed by atoms with van der Waals surface area (Å²) in [5.41, 5.74) is 1.01. The third-order valence-electron chi connectivity index (χ3n) is 3.05. The molecule has 0 unspecified atom stereocenters. The van der Waals surface area contributed by atoms with Crippen molar-refractivity contribution in [3.63, 3.8) is 0 Å². The third kappa shape index (κ3) is 2.96. The Morgan fingerprint density at radius 1 is 1.59 bits per heavy atom. The Labute approximate surface area is 113 Å². The molecule has 3 nitrogen and oxygen atoms in total. The second kappa shape index (κ2) is 4.90. The van der Waals surface area contributed by atoms with Crippen LogP contribution in [0.5, 0.6) is 0 Å². The molecule has 0 spiro atoms. The number of hydrogen-bond donors (Lipinski definition) is 2. The first-order valence-electron chi connectivity index (χ1n) is 5.38. The lowest BCUT2D eigenvalue weighted by Crippen LogP contribution is -2.18. The van der Waals surface area contributed by atoms with Gasteiger partial charge in [0.1, 0.15) is 0 Å². The van der Waals surface area contributed by atoms with E-state index in [-0.39, 0.29) is 0 Å². The number of carboxylic acid groups (broad SMARTS) is 1. The molecule has 0 radical (unpaired) electrons. The van der Waals surface area contributed by atoms with Crippen molar-refractivity contribution in [1.29, 1.82) is 0 Å². The normalized spacial score (nSPS) is 16.6. The molecule has 92 valence electrons. The highest BCUT2D eigenvalue weighted by Gasteiger charge is 2.41. The predicted molar refractivity (Wildman–Crippen MR) is 75.1 cm³/mol. The molecule has 0 aliphatic heterocycles. The van der Waals surface area contributed by atoms with Gasteiger partial charge in [-0.3, -0.25) is 0 Å². The van der Waals surface area contributed by atoms with Gasteiger partial charge in [0.05, 0.1) is 5.56 Å². The van der Waals surface area contributed by atoms with Crippen LogP contribution in [-0.2, 0) is 0 Å². The number of hydrogen-bond acceptors (Lipinski definition) is 3. The summed E-state index contributed by atoms with van der Waals surface area (Å²) < 4.78 is 1.11. The van der Waals surface area contributed by atoms with Crippen molar-refractivity contribution < 1.29 is 9.90 Å². The SMILES string of the molecule is CSC1(CNc2ccc(Br)cc2C(=O)O)CC1. The lowest BCUT2D eigenvalue weighted by atomic mass is 10.2. The Bertz CT molecular complexity index is 446. The second-order valence-electron chi connectivity index (χ2n) is 4.24. The average Bonchev–Trinajstić information content (AvgIpc) is 3.08. The molecule has 0 saturated heterocycles. The summed E-state index contributed by atoms with van der Waals surface area (Å²) >= 11 is 5.14. The highest BCUT2D eigenvalue weighted by molar-refractivity contribution is 9.10. The zero-order valence-corrected chi connectivity index (χ0v) is 11.9. The van der Waals surface area contributed by atoms with E-state index < -0.39 is 5.97 Å². The summed E-state index contributed by atoms with van der Waals surface area (Å²) in [4.78, 5) is 11.1. The van der Waals surface area contributed by atoms with Crippen LogP contribution in [0.25, 0.3) is 0 Å². The Morgan fingerprint density at radius 3 is 2.82 bits per heavy atom. The molecule has 0 aromatic heterocycles. The minimum Gasteiger partial charge on any atom is -0.478 e. The number of aromatic carboxylic acids is 1. The van der Waals surface area contributed by atoms with Crippen LogP contribution >= 0.6 is 27.7 Å². The largest absolute Gasteiger partial charge is 0.478 e. The van der Waals surface area contributed by atoms with Crippen LogP contribution in [0, 0.1) is 0 Å². The molecule has 0 atom stereocenters. The van der Waals surface area contributed by atoms with E-state index >= 15 is 0 Å². The third-order valence-corrected chi connectivity index (χ3v) is 4.97. The van der Waals surface area contributed by atoms with E-state index in [1.807, 2.05) is 23.9 Å². The van der Waals surface area contributed by atoms with Gasteiger partial charge in [0.15, 0.2) is 0 Å². The molecule has 1 saturated carbocycles. The number of thioether (sulfide) groups is 1. The first-order valence-corrected chi connectivity index (χ1v) is 7.40. The maximum Gasteiger partial charge on any atom is 0.337 e. The van der Waals surface area contributed by atoms with Gasteiger partial charge in [0.2, 0.25) is 0 Å². The highest BCUT2D eigenvalue weighted by atomic mass is 79.9. The molecule has 1 aromatic carbocycles. The van der Waals surface area contributed by atoms with E-state index in [9.17, 15) is 4.79 Å². The zero-order valence-electron chi connectivity index (χ0n) is 9.50. The Kier molecular flexibility index (Phi) is 3.68. The molecule has 1 fully saturated rings. The summed E-state index contributed by atoms with van der Waals surface area (Å²) in [5.74, 6) is -0.900. The van der Waals surface area contributed by atoms with E-state index in [1.54, 1.807) is 6.07 Å². The summed E-state index contributed by atoms with van der Waals surface area (Å²) in [6.07, 6.45) is 4.52. The fourth-order valence-corrected chi connectivity index (χ4v) is 2.78. The fraction of sp³-hybridized carbons (Fsp3) is 0.417. The van der Waals surface area contributed by atoms with Gasteiger partial charge in [-0.2, -0.15) is 11.8 Å². The van der Waals surface area contributed by atoms with Gasteiger partial charge in [0.25, 0.3) is 0 Å². The number of anilines is 1. The van der Waals surface area contributed by atoms with E-state index in [4.69, 9.17) is 5.11 Å². The maximum absolute atomic E-state index is 11.1. The Hall–Kier alpha value is -0.680. The Morgan fingerprint density at radius 2 is 2.29 bits per heavy atom. The molecular weight excluding hydrogens is 302 g/mol. The number of nitrogens with one attached hydrogen (secondary N) is 1. The number of carboxylic acids is 1. The molecule has 1 aliphatic carbocycles. The smallest absolute Gasteiger partial charge is 0.337 e. The average molecular weight is 316 g/mol. The van der Waals surface area contributed by atoms with Crippen molar-refractivity contribution in [2.24, 2.45) is 0 Å². The predicted octanol–water partition coefficient (Wildman–Crippen LogP) is 3.45. The van der Waals surface area contributed by atoms with Gasteiger partial charge in [-0.1, -0.05) is 15.9 Å². The minimum atomic E-state index is -0.900. The van der Waals surface area contributed by atoms with Crippen LogP contribution in [0.2, 0.25) is 0 Å². The molecular formula is C12H14BrNO2S. The van der Waals surface area contributed by atoms with Gasteiger partial charge in [-0.15, -0.1) is 0 Å². The van der Waals surface area contributed by atoms with Gasteiger partial charge in [0, 0.05) is 21.5 Å². The summed E-state index contributed by atoms with van der Waals surface area (Å²) in [5, 5.41) is 12.4. The number of carbonyl (C=O) groups is 1. The highest BCUT2D eigenvalue weighted by Crippen LogP contribution is 2.47. The van der Waals surface area contributed by atoms with Crippen molar-refractivity contribution in [2.45, 2.75) is 17.6 Å². The van der Waals surface area contributed by atoms with E-state index in [2.05, 4.69) is 27.5 Å². The molecule has 0 bridgehead atoms. The molecule has 2 N–H and O–H groups in total. The first kappa shape index (κ1) is 12.8. The lowest BCUT2D eigenvalue weighted by Gasteiger charge is -2.15. The fourth-order valence-electron chi connectivity index (χ4n) is 1.70. The van der Waals surface area contributed by atoms with E-state index in [0.29, 0.717) is 16.0 Å². The molecule has 1 aromatic rings. The van der Waals surface area contributed by atoms with Crippen LogP contribution in [-0.4, -0.2) is 28.6 Å². The molecule has 17 heavy (non-hydrogen) atoms. The van der Waals surface area contributed by atoms with Crippen molar-refractivity contribution in [3.05, 3.63) is 28.2 Å². The van der Waals surface area contributed by atoms with E-state index in [0.717, 1.165) is 11.0 Å². The van der Waals surface area contributed by atoms with Crippen LogP contribution in [0.1, 0.15) is 23.2 Å². The van der Waals surface area contributed by atoms with Crippen LogP contribution in [0.15, 0.2) is 22.7 Å². The molecule has 0 heterocycles. The second-order valence-corrected chi connectivity index (χ2v) is 6.43. The number of rotatable bonds is 5. The van der Waals surface area contributed by atoms with Crippen molar-refractivity contribution in [2.75, 3.05) is 18.1 Å². The topological polar surface area (TPSA) is 49.3 Å². The molecule has 5 heteroatoms. The number of benzene rings is 1. The molecule has 1 aliphatic rings. The van der Waals surface area contributed by atoms with E-state index in [1.165, 1.54) is 12.8 Å². The van der Waals surface area contributed by atoms with Crippen LogP contribution in [0.4, 0.5) is 5.69 Å². The summed E-state index contributed by atoms with van der Waals surface area (Å²) in [7, 11) is 0. The van der Waals surface area contributed by atoms with Crippen molar-refractivity contribution >= 4 is 39.3 Å². The monoisotopic (exact) mass is 315 g/mol. The maximum atomic E-state index is 11.1. The standard InChI is InChI=1S/C12H14BrNO2S/c1-17-12(4-5-12)7-14-10-3-2-8(13)6-9(10)11(15)16/h2-3,6,14H,4-5,7H2,1H3,(H,15,16). The van der Waals surface area contributed by atoms with Gasteiger partial charge in [-0.25, -0.2) is 4.79 Å². The quantitative estimate of drug-likeness (QED) is 0.873. The van der Waals surface area contributed by atoms with Crippen molar-refractivity contribution in [1.82, 2.24) is 0 Å². The van der Waals surface area contributed by atoms with Gasteiger partial charge < -0.3 is 10.4 Å². The minimum absolute atomic E-state index is 0.316. The zero-order chi connectivity index (χ0) is 12.5. The van der Waals surface area contributed by atoms with Gasteiger partial charge in [-0.05, 0) is 37.3 Å². The van der Waals surface area contributed by atoms with Crippen molar-refractivity contribution in [3.8, 4) is 0 Å². The summed E-state index contributed by atoms with van der Waals surface area (Å²) in [6, 6.07) is 5.29. The van der Waals surface area contributed by atoms with Gasteiger partial charge >= 0.3 is 5.97 Å².